The van der Waals surface area contributed by atoms with Crippen LogP contribution in [0.1, 0.15) is 17.5 Å². The van der Waals surface area contributed by atoms with Crippen LogP contribution in [-0.4, -0.2) is 23.7 Å². The van der Waals surface area contributed by atoms with E-state index in [1.54, 1.807) is 6.20 Å². The Morgan fingerprint density at radius 1 is 1.08 bits per heavy atom. The van der Waals surface area contributed by atoms with Gasteiger partial charge in [0.25, 0.3) is 10.1 Å². The predicted molar refractivity (Wildman–Crippen MR) is 98.1 cm³/mol. The Bertz CT molecular complexity index is 1010. The van der Waals surface area contributed by atoms with Gasteiger partial charge in [-0.1, -0.05) is 12.1 Å². The zero-order valence-corrected chi connectivity index (χ0v) is 15.5. The minimum atomic E-state index is -3.91. The maximum Gasteiger partial charge on any atom is 0.265 e. The number of nitrogens with zero attached hydrogens (tertiary/aromatic N) is 2. The molecule has 0 atom stereocenters. The molecule has 7 heteroatoms. The van der Waals surface area contributed by atoms with Crippen LogP contribution in [0.4, 0.5) is 0 Å². The van der Waals surface area contributed by atoms with E-state index in [9.17, 15) is 8.42 Å². The van der Waals surface area contributed by atoms with Gasteiger partial charge in [-0.2, -0.15) is 8.42 Å². The van der Waals surface area contributed by atoms with E-state index in [-0.39, 0.29) is 5.75 Å². The summed E-state index contributed by atoms with van der Waals surface area (Å²) in [4.78, 5) is 4.35. The summed E-state index contributed by atoms with van der Waals surface area (Å²) in [6.07, 6.45) is 5.73. The molecule has 0 aliphatic rings. The second-order valence-electron chi connectivity index (χ2n) is 6.29. The predicted octanol–water partition coefficient (Wildman–Crippen LogP) is 3.19. The van der Waals surface area contributed by atoms with Crippen molar-refractivity contribution in [3.8, 4) is 22.8 Å². The second kappa shape index (κ2) is 7.39. The first-order chi connectivity index (χ1) is 12.3. The largest absolute Gasteiger partial charge is 0.436 e. The summed E-state index contributed by atoms with van der Waals surface area (Å²) in [7, 11) is -3.91. The summed E-state index contributed by atoms with van der Waals surface area (Å²) in [6, 6.07) is 9.88. The van der Waals surface area contributed by atoms with E-state index < -0.39 is 10.1 Å². The number of benzene rings is 1. The lowest BCUT2D eigenvalue weighted by molar-refractivity contribution is -0.696. The molecule has 6 nitrogen and oxygen atoms in total. The van der Waals surface area contributed by atoms with Gasteiger partial charge in [0, 0.05) is 29.7 Å². The van der Waals surface area contributed by atoms with Crippen LogP contribution in [0.2, 0.25) is 0 Å². The smallest absolute Gasteiger partial charge is 0.265 e. The van der Waals surface area contributed by atoms with Crippen LogP contribution in [0.25, 0.3) is 22.8 Å². The Balaban J connectivity index is 1.72. The highest BCUT2D eigenvalue weighted by Gasteiger charge is 2.12. The van der Waals surface area contributed by atoms with E-state index in [2.05, 4.69) is 31.0 Å². The van der Waals surface area contributed by atoms with Gasteiger partial charge in [-0.15, -0.1) is 0 Å². The van der Waals surface area contributed by atoms with E-state index in [0.29, 0.717) is 24.6 Å². The molecule has 0 aliphatic heterocycles. The average molecular weight is 373 g/mol. The number of hydrogen-bond donors (Lipinski definition) is 1. The maximum atomic E-state index is 10.7. The molecule has 0 amide bonds. The van der Waals surface area contributed by atoms with Crippen LogP contribution < -0.4 is 4.57 Å². The topological polar surface area (TPSA) is 84.3 Å². The molecule has 0 bridgehead atoms. The van der Waals surface area contributed by atoms with E-state index in [1.807, 2.05) is 35.2 Å². The molecular weight excluding hydrogens is 352 g/mol. The molecule has 1 aromatic carbocycles. The quantitative estimate of drug-likeness (QED) is 0.530. The molecule has 0 unspecified atom stereocenters. The lowest BCUT2D eigenvalue weighted by atomic mass is 10.1. The molecule has 26 heavy (non-hydrogen) atoms. The van der Waals surface area contributed by atoms with Gasteiger partial charge in [0.2, 0.25) is 5.89 Å². The van der Waals surface area contributed by atoms with Gasteiger partial charge in [-0.3, -0.25) is 4.55 Å². The van der Waals surface area contributed by atoms with Crippen LogP contribution in [0.3, 0.4) is 0 Å². The van der Waals surface area contributed by atoms with Crippen molar-refractivity contribution < 1.29 is 22.0 Å². The van der Waals surface area contributed by atoms with Gasteiger partial charge >= 0.3 is 0 Å². The molecule has 0 radical (unpaired) electrons. The highest BCUT2D eigenvalue weighted by atomic mass is 32.2. The third-order valence-corrected chi connectivity index (χ3v) is 5.06. The van der Waals surface area contributed by atoms with E-state index in [0.717, 1.165) is 11.1 Å². The fourth-order valence-corrected chi connectivity index (χ4v) is 3.11. The van der Waals surface area contributed by atoms with E-state index in [1.165, 1.54) is 11.1 Å². The van der Waals surface area contributed by atoms with E-state index >= 15 is 0 Å². The fraction of sp³-hybridized carbons (Fsp3) is 0.263. The summed E-state index contributed by atoms with van der Waals surface area (Å²) in [6.45, 7) is 4.63. The van der Waals surface area contributed by atoms with E-state index in [4.69, 9.17) is 8.97 Å². The molecule has 2 heterocycles. The van der Waals surface area contributed by atoms with Crippen molar-refractivity contribution in [1.29, 1.82) is 0 Å². The molecule has 0 aliphatic carbocycles. The van der Waals surface area contributed by atoms with Crippen molar-refractivity contribution in [2.45, 2.75) is 26.8 Å². The number of rotatable bonds is 6. The summed E-state index contributed by atoms with van der Waals surface area (Å²) in [5, 5.41) is 0. The number of hydrogen-bond acceptors (Lipinski definition) is 4. The summed E-state index contributed by atoms with van der Waals surface area (Å²) < 4.78 is 38.0. The van der Waals surface area contributed by atoms with Gasteiger partial charge in [0.05, 0.1) is 11.9 Å². The first-order valence-electron chi connectivity index (χ1n) is 8.30. The molecule has 3 aromatic rings. The standard InChI is InChI=1S/C19H20N2O4S/c1-14-4-5-17(12-15(14)2)18-13-20-19(25-18)16-6-9-21(10-7-16)8-3-11-26(22,23)24/h4-7,9-10,12-13H,3,8,11H2,1-2H3/p+1. The number of aromatic nitrogens is 2. The summed E-state index contributed by atoms with van der Waals surface area (Å²) >= 11 is 0. The van der Waals surface area contributed by atoms with Crippen molar-refractivity contribution in [3.05, 3.63) is 60.0 Å². The molecule has 136 valence electrons. The Morgan fingerprint density at radius 2 is 1.81 bits per heavy atom. The van der Waals surface area contributed by atoms with Gasteiger partial charge in [0.1, 0.15) is 6.54 Å². The van der Waals surface area contributed by atoms with Gasteiger partial charge in [0.15, 0.2) is 18.2 Å². The van der Waals surface area contributed by atoms with Crippen LogP contribution in [0.15, 0.2) is 53.3 Å². The van der Waals surface area contributed by atoms with Crippen molar-refractivity contribution in [1.82, 2.24) is 4.98 Å². The number of aryl methyl sites for hydroxylation is 3. The molecule has 2 aromatic heterocycles. The Hall–Kier alpha value is -2.51. The Morgan fingerprint density at radius 3 is 2.46 bits per heavy atom. The van der Waals surface area contributed by atoms with Gasteiger partial charge in [-0.05, 0) is 31.0 Å². The number of oxazole rings is 1. The molecule has 1 N–H and O–H groups in total. The highest BCUT2D eigenvalue weighted by Crippen LogP contribution is 2.26. The molecule has 0 fully saturated rings. The normalized spacial score (nSPS) is 11.7. The molecular formula is C19H21N2O4S+. The Labute approximate surface area is 152 Å². The first kappa shape index (κ1) is 18.3. The summed E-state index contributed by atoms with van der Waals surface area (Å²) in [5.74, 6) is 0.997. The van der Waals surface area contributed by atoms with Crippen molar-refractivity contribution in [3.63, 3.8) is 0 Å². The minimum Gasteiger partial charge on any atom is -0.436 e. The number of pyridine rings is 1. The fourth-order valence-electron chi connectivity index (χ4n) is 2.61. The van der Waals surface area contributed by atoms with Crippen molar-refractivity contribution >= 4 is 10.1 Å². The third kappa shape index (κ3) is 4.56. The maximum absolute atomic E-state index is 10.7. The molecule has 0 saturated carbocycles. The summed E-state index contributed by atoms with van der Waals surface area (Å²) in [5.41, 5.74) is 4.26. The molecule has 3 rings (SSSR count). The highest BCUT2D eigenvalue weighted by molar-refractivity contribution is 7.85. The van der Waals surface area contributed by atoms with Crippen LogP contribution in [-0.2, 0) is 16.7 Å². The van der Waals surface area contributed by atoms with Crippen LogP contribution >= 0.6 is 0 Å². The second-order valence-corrected chi connectivity index (χ2v) is 7.87. The van der Waals surface area contributed by atoms with Gasteiger partial charge in [-0.25, -0.2) is 9.55 Å². The average Bonchev–Trinajstić information content (AvgIpc) is 3.07. The van der Waals surface area contributed by atoms with Gasteiger partial charge < -0.3 is 4.42 Å². The third-order valence-electron chi connectivity index (χ3n) is 4.25. The SMILES string of the molecule is Cc1ccc(-c2cnc(-c3cc[n+](CCCS(=O)(=O)O)cc3)o2)cc1C. The van der Waals surface area contributed by atoms with Crippen LogP contribution in [0.5, 0.6) is 0 Å². The minimum absolute atomic E-state index is 0.249. The van der Waals surface area contributed by atoms with Crippen molar-refractivity contribution in [2.75, 3.05) is 5.75 Å². The lowest BCUT2D eigenvalue weighted by Crippen LogP contribution is -2.33. The Kier molecular flexibility index (Phi) is 5.20. The zero-order valence-electron chi connectivity index (χ0n) is 14.7. The van der Waals surface area contributed by atoms with Crippen LogP contribution in [0, 0.1) is 13.8 Å². The monoisotopic (exact) mass is 373 g/mol. The first-order valence-corrected chi connectivity index (χ1v) is 9.91. The molecule has 0 saturated heterocycles. The van der Waals surface area contributed by atoms with Crippen molar-refractivity contribution in [2.24, 2.45) is 0 Å². The zero-order chi connectivity index (χ0) is 18.7. The molecule has 0 spiro atoms. The lowest BCUT2D eigenvalue weighted by Gasteiger charge is -2.02.